The third kappa shape index (κ3) is 2.40. The van der Waals surface area contributed by atoms with E-state index in [0.29, 0.717) is 5.39 Å². The van der Waals surface area contributed by atoms with Gasteiger partial charge in [0.2, 0.25) is 0 Å². The molecule has 1 fully saturated rings. The Morgan fingerprint density at radius 2 is 2.29 bits per heavy atom. The molecule has 6 nitrogen and oxygen atoms in total. The molecule has 0 saturated heterocycles. The molecule has 0 bridgehead atoms. The maximum absolute atomic E-state index is 14.2. The molecule has 0 atom stereocenters. The first-order valence-electron chi connectivity index (χ1n) is 6.61. The molecule has 7 heteroatoms. The minimum Gasteiger partial charge on any atom is -0.381 e. The highest BCUT2D eigenvalue weighted by molar-refractivity contribution is 5.97. The van der Waals surface area contributed by atoms with Crippen molar-refractivity contribution < 1.29 is 14.1 Å². The summed E-state index contributed by atoms with van der Waals surface area (Å²) < 4.78 is 19.4. The van der Waals surface area contributed by atoms with Gasteiger partial charge in [-0.3, -0.25) is 15.1 Å². The van der Waals surface area contributed by atoms with Crippen LogP contribution in [0.15, 0.2) is 24.4 Å². The molecule has 1 saturated carbocycles. The van der Waals surface area contributed by atoms with Gasteiger partial charge < -0.3 is 10.1 Å². The normalized spacial score (nSPS) is 21.0. The molecule has 0 spiro atoms. The summed E-state index contributed by atoms with van der Waals surface area (Å²) >= 11 is 0. The summed E-state index contributed by atoms with van der Waals surface area (Å²) in [4.78, 5) is 14.5. The first-order valence-corrected chi connectivity index (χ1v) is 6.61. The number of pyridine rings is 1. The van der Waals surface area contributed by atoms with Crippen LogP contribution in [0.2, 0.25) is 0 Å². The van der Waals surface area contributed by atoms with E-state index < -0.39 is 10.7 Å². The van der Waals surface area contributed by atoms with Crippen molar-refractivity contribution in [2.45, 2.75) is 25.0 Å². The summed E-state index contributed by atoms with van der Waals surface area (Å²) in [6.45, 7) is 0. The number of methoxy groups -OCH3 is 1. The van der Waals surface area contributed by atoms with Crippen molar-refractivity contribution >= 4 is 22.3 Å². The lowest BCUT2D eigenvalue weighted by Gasteiger charge is -2.35. The van der Waals surface area contributed by atoms with Gasteiger partial charge in [-0.2, -0.15) is 0 Å². The third-order valence-electron chi connectivity index (χ3n) is 3.80. The minimum absolute atomic E-state index is 0.0936. The van der Waals surface area contributed by atoms with Crippen molar-refractivity contribution in [3.63, 3.8) is 0 Å². The number of halogens is 1. The predicted octanol–water partition coefficient (Wildman–Crippen LogP) is 2.87. The number of hydrogen-bond donors (Lipinski definition) is 1. The Balaban J connectivity index is 2.01. The van der Waals surface area contributed by atoms with Crippen LogP contribution in [0.3, 0.4) is 0 Å². The van der Waals surface area contributed by atoms with Gasteiger partial charge in [-0.05, 0) is 25.0 Å². The lowest BCUT2D eigenvalue weighted by atomic mass is 9.89. The number of nitro benzene ring substituents is 1. The zero-order valence-electron chi connectivity index (χ0n) is 11.4. The Labute approximate surface area is 120 Å². The van der Waals surface area contributed by atoms with Crippen LogP contribution in [-0.2, 0) is 4.74 Å². The lowest BCUT2D eigenvalue weighted by molar-refractivity contribution is -0.383. The van der Waals surface area contributed by atoms with E-state index in [4.69, 9.17) is 4.74 Å². The van der Waals surface area contributed by atoms with Gasteiger partial charge >= 0.3 is 0 Å². The Kier molecular flexibility index (Phi) is 3.42. The van der Waals surface area contributed by atoms with Crippen molar-refractivity contribution in [3.05, 3.63) is 40.3 Å². The Morgan fingerprint density at radius 3 is 2.95 bits per heavy atom. The molecule has 110 valence electrons. The molecule has 0 aliphatic heterocycles. The first-order chi connectivity index (χ1) is 10.1. The summed E-state index contributed by atoms with van der Waals surface area (Å²) in [6.07, 6.45) is 3.24. The number of nitrogens with one attached hydrogen (secondary N) is 1. The van der Waals surface area contributed by atoms with Gasteiger partial charge in [0.15, 0.2) is 5.82 Å². The van der Waals surface area contributed by atoms with E-state index >= 15 is 0 Å². The largest absolute Gasteiger partial charge is 0.381 e. The monoisotopic (exact) mass is 291 g/mol. The van der Waals surface area contributed by atoms with Gasteiger partial charge in [-0.15, -0.1) is 0 Å². The van der Waals surface area contributed by atoms with Gasteiger partial charge in [0, 0.05) is 19.3 Å². The van der Waals surface area contributed by atoms with Crippen LogP contribution < -0.4 is 5.32 Å². The highest BCUT2D eigenvalue weighted by Crippen LogP contribution is 2.35. The molecule has 1 aromatic carbocycles. The van der Waals surface area contributed by atoms with Gasteiger partial charge in [0.05, 0.1) is 28.2 Å². The molecule has 1 aliphatic rings. The van der Waals surface area contributed by atoms with Crippen molar-refractivity contribution in [2.24, 2.45) is 0 Å². The smallest absolute Gasteiger partial charge is 0.281 e. The van der Waals surface area contributed by atoms with Crippen LogP contribution in [0, 0.1) is 15.9 Å². The zero-order chi connectivity index (χ0) is 15.0. The van der Waals surface area contributed by atoms with E-state index in [1.54, 1.807) is 19.2 Å². The van der Waals surface area contributed by atoms with E-state index in [1.807, 2.05) is 0 Å². The molecular formula is C14H14FN3O3. The van der Waals surface area contributed by atoms with Gasteiger partial charge in [-0.25, -0.2) is 4.39 Å². The molecule has 0 radical (unpaired) electrons. The van der Waals surface area contributed by atoms with E-state index in [1.165, 1.54) is 6.20 Å². The van der Waals surface area contributed by atoms with Gasteiger partial charge in [0.25, 0.3) is 5.69 Å². The lowest BCUT2D eigenvalue weighted by Crippen LogP contribution is -2.40. The molecule has 1 heterocycles. The molecule has 1 aliphatic carbocycles. The van der Waals surface area contributed by atoms with Crippen molar-refractivity contribution in [2.75, 3.05) is 12.4 Å². The van der Waals surface area contributed by atoms with Crippen molar-refractivity contribution in [1.29, 1.82) is 0 Å². The topological polar surface area (TPSA) is 77.3 Å². The van der Waals surface area contributed by atoms with Crippen LogP contribution in [0.5, 0.6) is 0 Å². The summed E-state index contributed by atoms with van der Waals surface area (Å²) in [5.74, 6) is -0.659. The zero-order valence-corrected chi connectivity index (χ0v) is 11.4. The predicted molar refractivity (Wildman–Crippen MR) is 75.8 cm³/mol. The van der Waals surface area contributed by atoms with Crippen molar-refractivity contribution in [3.8, 4) is 0 Å². The molecule has 21 heavy (non-hydrogen) atoms. The number of hydrogen-bond acceptors (Lipinski definition) is 5. The van der Waals surface area contributed by atoms with Gasteiger partial charge in [0.1, 0.15) is 5.52 Å². The maximum Gasteiger partial charge on any atom is 0.281 e. The van der Waals surface area contributed by atoms with Crippen LogP contribution in [0.1, 0.15) is 12.8 Å². The van der Waals surface area contributed by atoms with E-state index in [-0.39, 0.29) is 29.0 Å². The second-order valence-corrected chi connectivity index (χ2v) is 5.08. The summed E-state index contributed by atoms with van der Waals surface area (Å²) in [5.41, 5.74) is 0.227. The molecule has 3 rings (SSSR count). The summed E-state index contributed by atoms with van der Waals surface area (Å²) in [7, 11) is 1.64. The van der Waals surface area contributed by atoms with E-state index in [9.17, 15) is 14.5 Å². The molecule has 0 amide bonds. The number of fused-ring (bicyclic) bond motifs is 1. The number of ether oxygens (including phenoxy) is 1. The second-order valence-electron chi connectivity index (χ2n) is 5.08. The number of anilines is 1. The second kappa shape index (κ2) is 5.25. The van der Waals surface area contributed by atoms with Crippen molar-refractivity contribution in [1.82, 2.24) is 4.98 Å². The van der Waals surface area contributed by atoms with Crippen LogP contribution >= 0.6 is 0 Å². The SMILES string of the molecule is COC1CC(Nc2c(F)cc([N+](=O)[O-])c3cccnc23)C1. The number of nitro groups is 1. The third-order valence-corrected chi connectivity index (χ3v) is 3.80. The fourth-order valence-electron chi connectivity index (χ4n) is 2.56. The minimum atomic E-state index is -0.659. The summed E-state index contributed by atoms with van der Waals surface area (Å²) in [5, 5.41) is 14.4. The highest BCUT2D eigenvalue weighted by Gasteiger charge is 2.31. The van der Waals surface area contributed by atoms with Crippen LogP contribution in [0.4, 0.5) is 15.8 Å². The molecule has 1 N–H and O–H groups in total. The molecule has 2 aromatic rings. The summed E-state index contributed by atoms with van der Waals surface area (Å²) in [6, 6.07) is 4.21. The number of benzene rings is 1. The van der Waals surface area contributed by atoms with E-state index in [2.05, 4.69) is 10.3 Å². The highest BCUT2D eigenvalue weighted by atomic mass is 19.1. The Hall–Kier alpha value is -2.28. The quantitative estimate of drug-likeness (QED) is 0.692. The van der Waals surface area contributed by atoms with Crippen LogP contribution in [0.25, 0.3) is 10.9 Å². The average molecular weight is 291 g/mol. The fraction of sp³-hybridized carbons (Fsp3) is 0.357. The molecule has 1 aromatic heterocycles. The average Bonchev–Trinajstić information content (AvgIpc) is 2.43. The van der Waals surface area contributed by atoms with Gasteiger partial charge in [-0.1, -0.05) is 0 Å². The van der Waals surface area contributed by atoms with E-state index in [0.717, 1.165) is 18.9 Å². The number of aromatic nitrogens is 1. The Morgan fingerprint density at radius 1 is 1.52 bits per heavy atom. The van der Waals surface area contributed by atoms with Crippen LogP contribution in [-0.4, -0.2) is 29.2 Å². The number of nitrogens with zero attached hydrogens (tertiary/aromatic N) is 2. The standard InChI is InChI=1S/C14H14FN3O3/c1-21-9-5-8(6-9)17-14-11(15)7-12(18(19)20)10-3-2-4-16-13(10)14/h2-4,7-9,17H,5-6H2,1H3. The molecular weight excluding hydrogens is 277 g/mol. The number of rotatable bonds is 4. The number of non-ortho nitro benzene ring substituents is 1. The fourth-order valence-corrected chi connectivity index (χ4v) is 2.56. The Bertz CT molecular complexity index is 701. The maximum atomic E-state index is 14.2. The first kappa shape index (κ1) is 13.7. The molecule has 0 unspecified atom stereocenters.